The molecule has 160 valence electrons. The predicted molar refractivity (Wildman–Crippen MR) is 121 cm³/mol. The molecule has 0 unspecified atom stereocenters. The van der Waals surface area contributed by atoms with Gasteiger partial charge < -0.3 is 9.47 Å². The van der Waals surface area contributed by atoms with Gasteiger partial charge in [0.2, 0.25) is 0 Å². The van der Waals surface area contributed by atoms with E-state index in [-0.39, 0.29) is 0 Å². The van der Waals surface area contributed by atoms with Gasteiger partial charge in [-0.15, -0.1) is 0 Å². The molecule has 2 N–H and O–H groups in total. The van der Waals surface area contributed by atoms with E-state index in [1.165, 1.54) is 0 Å². The minimum absolute atomic E-state index is 0.341. The van der Waals surface area contributed by atoms with Gasteiger partial charge >= 0.3 is 0 Å². The number of rotatable bonds is 11. The number of ether oxygens (including phenoxy) is 2. The van der Waals surface area contributed by atoms with Crippen molar-refractivity contribution in [1.82, 2.24) is 10.9 Å². The van der Waals surface area contributed by atoms with E-state index < -0.39 is 11.8 Å². The number of hydrazine groups is 1. The molecule has 0 aromatic heterocycles. The molecule has 0 saturated heterocycles. The quantitative estimate of drug-likeness (QED) is 0.271. The Balaban J connectivity index is 1.94. The summed E-state index contributed by atoms with van der Waals surface area (Å²) in [5.74, 6) is 0.213. The average Bonchev–Trinajstić information content (AvgIpc) is 2.76. The molecule has 2 aromatic rings. The number of carbonyl (C=O) groups is 2. The first-order valence-corrected chi connectivity index (χ1v) is 10.7. The fraction of sp³-hybridized carbons (Fsp3) is 0.304. The number of amides is 2. The van der Waals surface area contributed by atoms with Gasteiger partial charge in [0.25, 0.3) is 11.8 Å². The van der Waals surface area contributed by atoms with Crippen molar-refractivity contribution in [2.75, 3.05) is 13.2 Å². The summed E-state index contributed by atoms with van der Waals surface area (Å²) in [7, 11) is 0. The Morgan fingerprint density at radius 3 is 2.43 bits per heavy atom. The summed E-state index contributed by atoms with van der Waals surface area (Å²) in [4.78, 5) is 24.9. The first-order chi connectivity index (χ1) is 14.5. The second kappa shape index (κ2) is 12.7. The van der Waals surface area contributed by atoms with Crippen molar-refractivity contribution in [1.29, 1.82) is 0 Å². The summed E-state index contributed by atoms with van der Waals surface area (Å²) >= 11 is 3.37. The van der Waals surface area contributed by atoms with Gasteiger partial charge in [-0.05, 0) is 48.9 Å². The molecule has 0 radical (unpaired) electrons. The summed E-state index contributed by atoms with van der Waals surface area (Å²) < 4.78 is 11.9. The fourth-order valence-corrected chi connectivity index (χ4v) is 2.99. The van der Waals surface area contributed by atoms with Crippen LogP contribution in [-0.2, 0) is 0 Å². The topological polar surface area (TPSA) is 76.7 Å². The Bertz CT molecular complexity index is 853. The van der Waals surface area contributed by atoms with Gasteiger partial charge in [0, 0.05) is 10.0 Å². The lowest BCUT2D eigenvalue weighted by Crippen LogP contribution is -2.41. The highest BCUT2D eigenvalue weighted by Gasteiger charge is 2.15. The monoisotopic (exact) mass is 474 g/mol. The lowest BCUT2D eigenvalue weighted by molar-refractivity contribution is 0.0844. The highest BCUT2D eigenvalue weighted by atomic mass is 79.9. The van der Waals surface area contributed by atoms with Crippen molar-refractivity contribution >= 4 is 27.7 Å². The van der Waals surface area contributed by atoms with E-state index in [1.54, 1.807) is 42.5 Å². The Kier molecular flexibility index (Phi) is 9.94. The van der Waals surface area contributed by atoms with Crippen LogP contribution < -0.4 is 20.3 Å². The van der Waals surface area contributed by atoms with Gasteiger partial charge in [0.15, 0.2) is 0 Å². The Morgan fingerprint density at radius 1 is 1.00 bits per heavy atom. The molecule has 0 aliphatic carbocycles. The van der Waals surface area contributed by atoms with Crippen LogP contribution in [0.3, 0.4) is 0 Å². The zero-order chi connectivity index (χ0) is 21.8. The fourth-order valence-electron chi connectivity index (χ4n) is 2.63. The maximum Gasteiger partial charge on any atom is 0.273 e. The van der Waals surface area contributed by atoms with Crippen LogP contribution in [0.15, 0.2) is 59.6 Å². The summed E-state index contributed by atoms with van der Waals surface area (Å²) in [6.07, 6.45) is 5.96. The average molecular weight is 475 g/mol. The van der Waals surface area contributed by atoms with Crippen LogP contribution >= 0.6 is 15.9 Å². The summed E-state index contributed by atoms with van der Waals surface area (Å²) in [5.41, 5.74) is 5.60. The van der Waals surface area contributed by atoms with Crippen LogP contribution in [0, 0.1) is 0 Å². The smallest absolute Gasteiger partial charge is 0.273 e. The van der Waals surface area contributed by atoms with Crippen molar-refractivity contribution in [2.24, 2.45) is 0 Å². The van der Waals surface area contributed by atoms with Crippen molar-refractivity contribution in [3.8, 4) is 11.5 Å². The molecular formula is C23H27BrN2O4. The molecule has 0 heterocycles. The van der Waals surface area contributed by atoms with Gasteiger partial charge in [0.05, 0.1) is 12.2 Å². The molecule has 7 heteroatoms. The van der Waals surface area contributed by atoms with E-state index >= 15 is 0 Å². The molecular weight excluding hydrogens is 448 g/mol. The molecule has 2 aromatic carbocycles. The van der Waals surface area contributed by atoms with Crippen LogP contribution in [-0.4, -0.2) is 25.0 Å². The first kappa shape index (κ1) is 23.5. The number of unbranched alkanes of at least 4 members (excludes halogenated alkanes) is 3. The maximum atomic E-state index is 12.6. The van der Waals surface area contributed by atoms with Gasteiger partial charge in [-0.2, -0.15) is 0 Å². The molecule has 6 nitrogen and oxygen atoms in total. The van der Waals surface area contributed by atoms with Crippen LogP contribution in [0.25, 0.3) is 0 Å². The number of hydrogen-bond acceptors (Lipinski definition) is 4. The van der Waals surface area contributed by atoms with Gasteiger partial charge in [0.1, 0.15) is 18.1 Å². The number of carbonyl (C=O) groups excluding carboxylic acids is 2. The molecule has 0 aliphatic rings. The Labute approximate surface area is 185 Å². The van der Waals surface area contributed by atoms with E-state index in [1.807, 2.05) is 6.07 Å². The highest BCUT2D eigenvalue weighted by Crippen LogP contribution is 2.23. The maximum absolute atomic E-state index is 12.6. The zero-order valence-corrected chi connectivity index (χ0v) is 18.7. The van der Waals surface area contributed by atoms with Gasteiger partial charge in [-0.1, -0.05) is 54.8 Å². The Morgan fingerprint density at radius 2 is 1.73 bits per heavy atom. The van der Waals surface area contributed by atoms with Crippen molar-refractivity contribution in [2.45, 2.75) is 32.6 Å². The molecule has 0 bridgehead atoms. The summed E-state index contributed by atoms with van der Waals surface area (Å²) in [6.45, 7) is 6.66. The third-order valence-electron chi connectivity index (χ3n) is 4.22. The van der Waals surface area contributed by atoms with Crippen LogP contribution in [0.4, 0.5) is 0 Å². The van der Waals surface area contributed by atoms with Crippen molar-refractivity contribution in [3.63, 3.8) is 0 Å². The highest BCUT2D eigenvalue weighted by molar-refractivity contribution is 9.10. The SMILES string of the molecule is C=CCOc1ccc(C(=O)NNC(=O)c2cc(Br)ccc2OCCCCCC)cc1. The van der Waals surface area contributed by atoms with Crippen LogP contribution in [0.2, 0.25) is 0 Å². The minimum Gasteiger partial charge on any atom is -0.493 e. The van der Waals surface area contributed by atoms with E-state index in [0.717, 1.165) is 30.2 Å². The Hall–Kier alpha value is -2.80. The third kappa shape index (κ3) is 7.55. The molecule has 30 heavy (non-hydrogen) atoms. The molecule has 2 rings (SSSR count). The van der Waals surface area contributed by atoms with E-state index in [0.29, 0.717) is 35.8 Å². The summed E-state index contributed by atoms with van der Waals surface area (Å²) in [6, 6.07) is 11.8. The second-order valence-electron chi connectivity index (χ2n) is 6.58. The number of benzene rings is 2. The number of hydrogen-bond donors (Lipinski definition) is 2. The van der Waals surface area contributed by atoms with E-state index in [2.05, 4.69) is 40.3 Å². The molecule has 0 atom stereocenters. The molecule has 0 aliphatic heterocycles. The van der Waals surface area contributed by atoms with Gasteiger partial charge in [-0.3, -0.25) is 20.4 Å². The first-order valence-electron chi connectivity index (χ1n) is 9.92. The van der Waals surface area contributed by atoms with Gasteiger partial charge in [-0.25, -0.2) is 0 Å². The normalized spacial score (nSPS) is 10.2. The molecule has 2 amide bonds. The lowest BCUT2D eigenvalue weighted by Gasteiger charge is -2.13. The largest absolute Gasteiger partial charge is 0.493 e. The van der Waals surface area contributed by atoms with E-state index in [4.69, 9.17) is 9.47 Å². The third-order valence-corrected chi connectivity index (χ3v) is 4.71. The molecule has 0 spiro atoms. The molecule has 0 fully saturated rings. The van der Waals surface area contributed by atoms with E-state index in [9.17, 15) is 9.59 Å². The second-order valence-corrected chi connectivity index (χ2v) is 7.50. The summed E-state index contributed by atoms with van der Waals surface area (Å²) in [5, 5.41) is 0. The van der Waals surface area contributed by atoms with Crippen LogP contribution in [0.5, 0.6) is 11.5 Å². The minimum atomic E-state index is -0.459. The van der Waals surface area contributed by atoms with Crippen LogP contribution in [0.1, 0.15) is 53.3 Å². The van der Waals surface area contributed by atoms with Crippen molar-refractivity contribution in [3.05, 3.63) is 70.7 Å². The zero-order valence-electron chi connectivity index (χ0n) is 17.1. The predicted octanol–water partition coefficient (Wildman–Crippen LogP) is 5.05. The standard InChI is InChI=1S/C23H27BrN2O4/c1-3-5-6-7-15-30-21-13-10-18(24)16-20(21)23(28)26-25-22(27)17-8-11-19(12-9-17)29-14-4-2/h4,8-13,16H,2-3,5-7,14-15H2,1H3,(H,25,27)(H,26,28). The van der Waals surface area contributed by atoms with Crippen molar-refractivity contribution < 1.29 is 19.1 Å². The molecule has 0 saturated carbocycles. The number of nitrogens with one attached hydrogen (secondary N) is 2. The lowest BCUT2D eigenvalue weighted by atomic mass is 10.2. The number of halogens is 1.